The molecule has 1 amide bonds. The van der Waals surface area contributed by atoms with Crippen LogP contribution in [0.1, 0.15) is 39.7 Å². The summed E-state index contributed by atoms with van der Waals surface area (Å²) in [7, 11) is 0. The molecule has 0 bridgehead atoms. The Morgan fingerprint density at radius 1 is 1.25 bits per heavy atom. The second-order valence-corrected chi connectivity index (χ2v) is 7.18. The maximum atomic E-state index is 14.6. The Kier molecular flexibility index (Phi) is 4.69. The molecule has 2 aromatic carbocycles. The van der Waals surface area contributed by atoms with Gasteiger partial charge < -0.3 is 14.4 Å². The fourth-order valence-corrected chi connectivity index (χ4v) is 3.80. The van der Waals surface area contributed by atoms with Gasteiger partial charge in [0.25, 0.3) is 5.91 Å². The van der Waals surface area contributed by atoms with Crippen molar-refractivity contribution in [1.29, 1.82) is 0 Å². The molecule has 0 unspecified atom stereocenters. The molecule has 1 aliphatic rings. The molecule has 1 aromatic heterocycles. The molecule has 0 radical (unpaired) electrons. The minimum atomic E-state index is -0.920. The molecule has 2 heterocycles. The summed E-state index contributed by atoms with van der Waals surface area (Å²) >= 11 is 6.17. The zero-order chi connectivity index (χ0) is 20.0. The summed E-state index contributed by atoms with van der Waals surface area (Å²) < 4.78 is 20.4. The third-order valence-electron chi connectivity index (χ3n) is 5.00. The van der Waals surface area contributed by atoms with Crippen LogP contribution >= 0.6 is 11.6 Å². The van der Waals surface area contributed by atoms with Crippen molar-refractivity contribution in [1.82, 2.24) is 4.90 Å². The first-order valence-electron chi connectivity index (χ1n) is 8.87. The molecule has 0 saturated carbocycles. The van der Waals surface area contributed by atoms with E-state index in [0.29, 0.717) is 17.0 Å². The Bertz CT molecular complexity index is 1160. The number of hydrogen-bond acceptors (Lipinski definition) is 4. The van der Waals surface area contributed by atoms with Crippen molar-refractivity contribution < 1.29 is 18.7 Å². The van der Waals surface area contributed by atoms with E-state index in [2.05, 4.69) is 0 Å². The average molecular weight is 402 g/mol. The van der Waals surface area contributed by atoms with Crippen molar-refractivity contribution in [3.63, 3.8) is 0 Å². The monoisotopic (exact) mass is 401 g/mol. The van der Waals surface area contributed by atoms with Gasteiger partial charge in [-0.3, -0.25) is 9.59 Å². The molecular weight excluding hydrogens is 385 g/mol. The highest BCUT2D eigenvalue weighted by atomic mass is 35.5. The number of aliphatic hydroxyl groups excluding tert-OH is 1. The highest BCUT2D eigenvalue weighted by molar-refractivity contribution is 6.32. The first kappa shape index (κ1) is 18.7. The minimum Gasteiger partial charge on any atom is -0.450 e. The number of nitrogens with zero attached hydrogens (tertiary/aromatic N) is 1. The SMILES string of the molecule is Cc1cc2oc3c(c(=O)c2cc1Cl)[C@@H](c1ccccc1F)N(CCCO)C3=O. The van der Waals surface area contributed by atoms with Crippen LogP contribution in [-0.2, 0) is 0 Å². The van der Waals surface area contributed by atoms with E-state index in [1.807, 2.05) is 0 Å². The lowest BCUT2D eigenvalue weighted by molar-refractivity contribution is 0.0714. The van der Waals surface area contributed by atoms with Gasteiger partial charge in [-0.05, 0) is 37.1 Å². The number of amides is 1. The molecule has 4 rings (SSSR count). The first-order valence-corrected chi connectivity index (χ1v) is 9.25. The van der Waals surface area contributed by atoms with Crippen LogP contribution in [0.25, 0.3) is 11.0 Å². The minimum absolute atomic E-state index is 0.0922. The molecule has 5 nitrogen and oxygen atoms in total. The number of hydrogen-bond donors (Lipinski definition) is 1. The van der Waals surface area contributed by atoms with E-state index in [4.69, 9.17) is 16.0 Å². The summed E-state index contributed by atoms with van der Waals surface area (Å²) in [6.07, 6.45) is 0.295. The van der Waals surface area contributed by atoms with Gasteiger partial charge in [0.1, 0.15) is 11.4 Å². The van der Waals surface area contributed by atoms with Crippen LogP contribution in [0.3, 0.4) is 0 Å². The molecular formula is C21H17ClFNO4. The Labute approximate surface area is 165 Å². The van der Waals surface area contributed by atoms with Gasteiger partial charge in [-0.2, -0.15) is 0 Å². The summed E-state index contributed by atoms with van der Waals surface area (Å²) in [5, 5.41) is 9.85. The summed E-state index contributed by atoms with van der Waals surface area (Å²) in [5.41, 5.74) is 0.866. The number of halogens is 2. The molecule has 3 aromatic rings. The largest absolute Gasteiger partial charge is 0.450 e. The fraction of sp³-hybridized carbons (Fsp3) is 0.238. The third kappa shape index (κ3) is 2.80. The number of aryl methyl sites for hydroxylation is 1. The fourth-order valence-electron chi connectivity index (χ4n) is 3.63. The van der Waals surface area contributed by atoms with E-state index in [0.717, 1.165) is 0 Å². The third-order valence-corrected chi connectivity index (χ3v) is 5.41. The number of fused-ring (bicyclic) bond motifs is 2. The van der Waals surface area contributed by atoms with Crippen molar-refractivity contribution >= 4 is 28.5 Å². The molecule has 1 N–H and O–H groups in total. The summed E-state index contributed by atoms with van der Waals surface area (Å²) in [5.74, 6) is -1.11. The van der Waals surface area contributed by atoms with Gasteiger partial charge in [0.15, 0.2) is 5.43 Å². The standard InChI is InChI=1S/C21H17ClFNO4/c1-11-9-16-13(10-14(11)22)19(26)17-18(12-5-2-3-6-15(12)23)24(7-4-8-25)21(27)20(17)28-16/h2-3,5-6,9-10,18,25H,4,7-8H2,1H3/t18-/m1/s1. The van der Waals surface area contributed by atoms with Crippen LogP contribution in [0.15, 0.2) is 45.6 Å². The van der Waals surface area contributed by atoms with Gasteiger partial charge in [0.2, 0.25) is 5.76 Å². The first-order chi connectivity index (χ1) is 13.4. The highest BCUT2D eigenvalue weighted by Crippen LogP contribution is 2.39. The second-order valence-electron chi connectivity index (χ2n) is 6.77. The lowest BCUT2D eigenvalue weighted by Gasteiger charge is -2.25. The molecule has 0 saturated heterocycles. The second kappa shape index (κ2) is 7.04. The van der Waals surface area contributed by atoms with Gasteiger partial charge in [-0.15, -0.1) is 0 Å². The maximum Gasteiger partial charge on any atom is 0.290 e. The van der Waals surface area contributed by atoms with Crippen LogP contribution in [0.2, 0.25) is 5.02 Å². The van der Waals surface area contributed by atoms with Crippen molar-refractivity contribution in [2.75, 3.05) is 13.2 Å². The van der Waals surface area contributed by atoms with E-state index < -0.39 is 23.2 Å². The highest BCUT2D eigenvalue weighted by Gasteiger charge is 2.43. The van der Waals surface area contributed by atoms with E-state index in [-0.39, 0.29) is 41.0 Å². The molecule has 0 aliphatic carbocycles. The van der Waals surface area contributed by atoms with E-state index in [1.165, 1.54) is 17.0 Å². The molecule has 1 atom stereocenters. The molecule has 1 aliphatic heterocycles. The molecule has 144 valence electrons. The van der Waals surface area contributed by atoms with Crippen LogP contribution < -0.4 is 5.43 Å². The molecule has 28 heavy (non-hydrogen) atoms. The summed E-state index contributed by atoms with van der Waals surface area (Å²) in [4.78, 5) is 27.7. The van der Waals surface area contributed by atoms with E-state index in [9.17, 15) is 19.1 Å². The zero-order valence-corrected chi connectivity index (χ0v) is 15.8. The number of rotatable bonds is 4. The Morgan fingerprint density at radius 2 is 2.00 bits per heavy atom. The average Bonchev–Trinajstić information content (AvgIpc) is 2.94. The lowest BCUT2D eigenvalue weighted by Crippen LogP contribution is -2.31. The Balaban J connectivity index is 2.02. The summed E-state index contributed by atoms with van der Waals surface area (Å²) in [6.45, 7) is 1.79. The van der Waals surface area contributed by atoms with Crippen LogP contribution in [0, 0.1) is 12.7 Å². The smallest absolute Gasteiger partial charge is 0.290 e. The quantitative estimate of drug-likeness (QED) is 0.721. The van der Waals surface area contributed by atoms with Gasteiger partial charge in [-0.25, -0.2) is 4.39 Å². The van der Waals surface area contributed by atoms with Crippen LogP contribution in [0.4, 0.5) is 4.39 Å². The van der Waals surface area contributed by atoms with Crippen molar-refractivity contribution in [2.45, 2.75) is 19.4 Å². The number of aliphatic hydroxyl groups is 1. The number of benzene rings is 2. The molecule has 0 spiro atoms. The van der Waals surface area contributed by atoms with Gasteiger partial charge in [0, 0.05) is 23.7 Å². The van der Waals surface area contributed by atoms with Gasteiger partial charge >= 0.3 is 0 Å². The zero-order valence-electron chi connectivity index (χ0n) is 15.0. The summed E-state index contributed by atoms with van der Waals surface area (Å²) in [6, 6.07) is 8.22. The number of carbonyl (C=O) groups is 1. The topological polar surface area (TPSA) is 70.8 Å². The van der Waals surface area contributed by atoms with E-state index >= 15 is 0 Å². The van der Waals surface area contributed by atoms with Crippen molar-refractivity contribution in [3.8, 4) is 0 Å². The van der Waals surface area contributed by atoms with Gasteiger partial charge in [0.05, 0.1) is 17.0 Å². The Hall–Kier alpha value is -2.70. The maximum absolute atomic E-state index is 14.6. The van der Waals surface area contributed by atoms with Crippen LogP contribution in [0.5, 0.6) is 0 Å². The molecule has 0 fully saturated rings. The Morgan fingerprint density at radius 3 is 2.71 bits per heavy atom. The number of carbonyl (C=O) groups excluding carboxylic acids is 1. The van der Waals surface area contributed by atoms with Crippen molar-refractivity contribution in [3.05, 3.63) is 79.9 Å². The molecule has 7 heteroatoms. The van der Waals surface area contributed by atoms with Crippen LogP contribution in [-0.4, -0.2) is 29.1 Å². The van der Waals surface area contributed by atoms with Gasteiger partial charge in [-0.1, -0.05) is 29.8 Å². The lowest BCUT2D eigenvalue weighted by atomic mass is 9.97. The predicted octanol–water partition coefficient (Wildman–Crippen LogP) is 3.82. The van der Waals surface area contributed by atoms with E-state index in [1.54, 1.807) is 31.2 Å². The normalized spacial score (nSPS) is 16.1. The predicted molar refractivity (Wildman–Crippen MR) is 103 cm³/mol. The van der Waals surface area contributed by atoms with Crippen molar-refractivity contribution in [2.24, 2.45) is 0 Å².